The van der Waals surface area contributed by atoms with Crippen LogP contribution in [0.15, 0.2) is 30.3 Å². The molecule has 1 saturated carbocycles. The van der Waals surface area contributed by atoms with Crippen molar-refractivity contribution < 1.29 is 18.3 Å². The molecule has 2 aromatic heterocycles. The summed E-state index contributed by atoms with van der Waals surface area (Å²) in [6.07, 6.45) is 5.86. The molecule has 7 nitrogen and oxygen atoms in total. The fourth-order valence-corrected chi connectivity index (χ4v) is 6.02. The molecule has 0 bridgehead atoms. The van der Waals surface area contributed by atoms with E-state index in [1.165, 1.54) is 25.7 Å². The lowest BCUT2D eigenvalue weighted by molar-refractivity contribution is 0.0594. The third-order valence-corrected chi connectivity index (χ3v) is 8.38. The third-order valence-electron chi connectivity index (χ3n) is 8.38. The van der Waals surface area contributed by atoms with Crippen molar-refractivity contribution in [3.8, 4) is 5.69 Å². The summed E-state index contributed by atoms with van der Waals surface area (Å²) in [6, 6.07) is 8.49. The molecule has 3 aromatic rings. The number of hydrogen-bond donors (Lipinski definition) is 0. The van der Waals surface area contributed by atoms with Gasteiger partial charge in [0.2, 0.25) is 0 Å². The Morgan fingerprint density at radius 2 is 1.70 bits per heavy atom. The average Bonchev–Trinajstić information content (AvgIpc) is 3.26. The highest BCUT2D eigenvalue weighted by Crippen LogP contribution is 2.43. The zero-order chi connectivity index (χ0) is 25.5. The number of ether oxygens (including phenoxy) is 1. The Morgan fingerprint density at radius 3 is 2.32 bits per heavy atom. The Hall–Kier alpha value is -3.07. The zero-order valence-corrected chi connectivity index (χ0v) is 21.2. The summed E-state index contributed by atoms with van der Waals surface area (Å²) in [5.74, 6) is -0.473. The Morgan fingerprint density at radius 1 is 1.00 bits per heavy atom. The predicted molar refractivity (Wildman–Crippen MR) is 138 cm³/mol. The smallest absolute Gasteiger partial charge is 0.356 e. The van der Waals surface area contributed by atoms with Gasteiger partial charge in [-0.1, -0.05) is 6.42 Å². The number of likely N-dealkylation sites (tertiary alicyclic amines) is 1. The van der Waals surface area contributed by atoms with Crippen molar-refractivity contribution in [2.24, 2.45) is 0 Å². The molecule has 3 aliphatic rings. The average molecular weight is 510 g/mol. The van der Waals surface area contributed by atoms with Gasteiger partial charge in [0.1, 0.15) is 12.0 Å². The molecule has 9 heteroatoms. The Bertz CT molecular complexity index is 1270. The standard InChI is InChI=1S/C28H33F2N5O2/c1-37-28(36)23-17-24(34-15-11-21(12-16-34)33-13-9-20(30)10-14-33)25-26(18-3-2-4-18)32-35(27(25)31-23)22-7-5-19(29)6-8-22/h5-8,17-18,20-21H,2-4,9-16H2,1H3. The van der Waals surface area contributed by atoms with Gasteiger partial charge in [0, 0.05) is 38.1 Å². The van der Waals surface area contributed by atoms with E-state index >= 15 is 0 Å². The molecule has 0 spiro atoms. The number of rotatable bonds is 5. The summed E-state index contributed by atoms with van der Waals surface area (Å²) in [6.45, 7) is 3.33. The maximum atomic E-state index is 13.7. The molecule has 2 aliphatic heterocycles. The number of fused-ring (bicyclic) bond motifs is 1. The maximum Gasteiger partial charge on any atom is 0.356 e. The number of hydrogen-bond acceptors (Lipinski definition) is 6. The van der Waals surface area contributed by atoms with Crippen LogP contribution in [-0.2, 0) is 4.74 Å². The molecular weight excluding hydrogens is 476 g/mol. The lowest BCUT2D eigenvalue weighted by Crippen LogP contribution is -2.48. The largest absolute Gasteiger partial charge is 0.464 e. The quantitative estimate of drug-likeness (QED) is 0.451. The number of carbonyl (C=O) groups excluding carboxylic acids is 1. The number of pyridine rings is 1. The second-order valence-corrected chi connectivity index (χ2v) is 10.5. The lowest BCUT2D eigenvalue weighted by atomic mass is 9.82. The molecule has 196 valence electrons. The predicted octanol–water partition coefficient (Wildman–Crippen LogP) is 5.02. The van der Waals surface area contributed by atoms with Crippen LogP contribution in [-0.4, -0.2) is 71.1 Å². The monoisotopic (exact) mass is 509 g/mol. The number of piperidine rings is 2. The minimum Gasteiger partial charge on any atom is -0.464 e. The van der Waals surface area contributed by atoms with Gasteiger partial charge in [0.25, 0.3) is 0 Å². The topological polar surface area (TPSA) is 63.5 Å². The molecule has 4 heterocycles. The van der Waals surface area contributed by atoms with Gasteiger partial charge in [-0.15, -0.1) is 0 Å². The summed E-state index contributed by atoms with van der Waals surface area (Å²) in [5, 5.41) is 5.97. The zero-order valence-electron chi connectivity index (χ0n) is 21.2. The number of alkyl halides is 1. The molecule has 6 rings (SSSR count). The summed E-state index contributed by atoms with van der Waals surface area (Å²) in [4.78, 5) is 22.2. The number of aromatic nitrogens is 3. The summed E-state index contributed by atoms with van der Waals surface area (Å²) < 4.78 is 34.1. The third kappa shape index (κ3) is 4.58. The van der Waals surface area contributed by atoms with Gasteiger partial charge in [-0.05, 0) is 68.9 Å². The van der Waals surface area contributed by atoms with Gasteiger partial charge in [-0.25, -0.2) is 23.2 Å². The Kier molecular flexibility index (Phi) is 6.56. The van der Waals surface area contributed by atoms with E-state index in [1.807, 2.05) is 6.07 Å². The Balaban J connectivity index is 1.40. The van der Waals surface area contributed by atoms with Gasteiger partial charge in [-0.3, -0.25) is 0 Å². The van der Waals surface area contributed by atoms with Crippen LogP contribution >= 0.6 is 0 Å². The first-order valence-corrected chi connectivity index (χ1v) is 13.4. The van der Waals surface area contributed by atoms with E-state index in [1.54, 1.807) is 16.8 Å². The molecule has 1 aliphatic carbocycles. The van der Waals surface area contributed by atoms with Gasteiger partial charge >= 0.3 is 5.97 Å². The first kappa shape index (κ1) is 24.3. The SMILES string of the molecule is COC(=O)c1cc(N2CCC(N3CCC(F)CC3)CC2)c2c(C3CCC3)nn(-c3ccc(F)cc3)c2n1. The van der Waals surface area contributed by atoms with E-state index in [0.717, 1.165) is 68.6 Å². The van der Waals surface area contributed by atoms with Crippen molar-refractivity contribution in [2.45, 2.75) is 63.1 Å². The lowest BCUT2D eigenvalue weighted by Gasteiger charge is -2.41. The number of benzene rings is 1. The minimum atomic E-state index is -0.666. The van der Waals surface area contributed by atoms with Crippen LogP contribution in [0.25, 0.3) is 16.7 Å². The number of carbonyl (C=O) groups is 1. The van der Waals surface area contributed by atoms with Crippen molar-refractivity contribution >= 4 is 22.7 Å². The number of halogens is 2. The van der Waals surface area contributed by atoms with E-state index < -0.39 is 12.1 Å². The second kappa shape index (κ2) is 10.0. The van der Waals surface area contributed by atoms with E-state index in [-0.39, 0.29) is 11.5 Å². The highest BCUT2D eigenvalue weighted by atomic mass is 19.1. The van der Waals surface area contributed by atoms with Crippen LogP contribution in [0.5, 0.6) is 0 Å². The van der Waals surface area contributed by atoms with E-state index in [4.69, 9.17) is 14.8 Å². The summed E-state index contributed by atoms with van der Waals surface area (Å²) in [7, 11) is 1.36. The fraction of sp³-hybridized carbons (Fsp3) is 0.536. The van der Waals surface area contributed by atoms with Crippen LogP contribution in [0.4, 0.5) is 14.5 Å². The van der Waals surface area contributed by atoms with Gasteiger partial charge < -0.3 is 14.5 Å². The Labute approximate surface area is 215 Å². The molecule has 0 atom stereocenters. The van der Waals surface area contributed by atoms with Gasteiger partial charge in [0.05, 0.1) is 29.6 Å². The number of anilines is 1. The van der Waals surface area contributed by atoms with Crippen molar-refractivity contribution in [1.82, 2.24) is 19.7 Å². The molecule has 1 aromatic carbocycles. The van der Waals surface area contributed by atoms with Crippen molar-refractivity contribution in [1.29, 1.82) is 0 Å². The maximum absolute atomic E-state index is 13.7. The first-order valence-electron chi connectivity index (χ1n) is 13.4. The van der Waals surface area contributed by atoms with Gasteiger partial charge in [-0.2, -0.15) is 5.10 Å². The molecular formula is C28H33F2N5O2. The van der Waals surface area contributed by atoms with Crippen LogP contribution in [0.1, 0.15) is 67.0 Å². The van der Waals surface area contributed by atoms with Crippen molar-refractivity contribution in [3.05, 3.63) is 47.5 Å². The van der Waals surface area contributed by atoms with E-state index in [9.17, 15) is 13.6 Å². The highest BCUT2D eigenvalue weighted by Gasteiger charge is 2.33. The van der Waals surface area contributed by atoms with Crippen LogP contribution < -0.4 is 4.90 Å². The molecule has 0 unspecified atom stereocenters. The molecule has 2 saturated heterocycles. The summed E-state index contributed by atoms with van der Waals surface area (Å²) >= 11 is 0. The molecule has 0 N–H and O–H groups in total. The van der Waals surface area contributed by atoms with Crippen molar-refractivity contribution in [3.63, 3.8) is 0 Å². The minimum absolute atomic E-state index is 0.237. The number of nitrogens with zero attached hydrogens (tertiary/aromatic N) is 5. The summed E-state index contributed by atoms with van der Waals surface area (Å²) in [5.41, 5.74) is 3.49. The number of esters is 1. The van der Waals surface area contributed by atoms with Gasteiger partial charge in [0.15, 0.2) is 11.3 Å². The van der Waals surface area contributed by atoms with E-state index in [0.29, 0.717) is 36.1 Å². The van der Waals surface area contributed by atoms with Crippen LogP contribution in [0, 0.1) is 5.82 Å². The first-order chi connectivity index (χ1) is 18.0. The van der Waals surface area contributed by atoms with Crippen LogP contribution in [0.2, 0.25) is 0 Å². The second-order valence-electron chi connectivity index (χ2n) is 10.5. The molecule has 0 radical (unpaired) electrons. The normalized spacial score (nSPS) is 20.4. The molecule has 37 heavy (non-hydrogen) atoms. The molecule has 0 amide bonds. The highest BCUT2D eigenvalue weighted by molar-refractivity contribution is 5.99. The van der Waals surface area contributed by atoms with Crippen molar-refractivity contribution in [2.75, 3.05) is 38.2 Å². The van der Waals surface area contributed by atoms with E-state index in [2.05, 4.69) is 9.80 Å². The number of methoxy groups -OCH3 is 1. The fourth-order valence-electron chi connectivity index (χ4n) is 6.02. The molecule has 3 fully saturated rings. The van der Waals surface area contributed by atoms with Crippen LogP contribution in [0.3, 0.4) is 0 Å².